The zero-order valence-corrected chi connectivity index (χ0v) is 19.2. The van der Waals surface area contributed by atoms with Crippen molar-refractivity contribution >= 4 is 23.4 Å². The topological polar surface area (TPSA) is 83.0 Å². The average Bonchev–Trinajstić information content (AvgIpc) is 3.17. The predicted octanol–water partition coefficient (Wildman–Crippen LogP) is 4.72. The summed E-state index contributed by atoms with van der Waals surface area (Å²) in [6.45, 7) is 4.10. The molecule has 1 unspecified atom stereocenters. The Bertz CT molecular complexity index is 1260. The molecule has 1 aromatic carbocycles. The number of piperidine rings is 1. The number of aromatic nitrogens is 3. The van der Waals surface area contributed by atoms with Crippen molar-refractivity contribution in [1.82, 2.24) is 20.3 Å². The molecule has 10 heteroatoms. The van der Waals surface area contributed by atoms with Gasteiger partial charge in [0.05, 0.1) is 5.41 Å². The number of anilines is 3. The first kappa shape index (κ1) is 23.1. The summed E-state index contributed by atoms with van der Waals surface area (Å²) in [7, 11) is 0. The molecule has 2 fully saturated rings. The molecule has 4 heterocycles. The Morgan fingerprint density at radius 3 is 2.66 bits per heavy atom. The Kier molecular flexibility index (Phi) is 5.82. The number of pyridine rings is 1. The second-order valence-corrected chi connectivity index (χ2v) is 9.19. The minimum absolute atomic E-state index is 0.125. The highest BCUT2D eigenvalue weighted by atomic mass is 19.4. The smallest absolute Gasteiger partial charge is 0.356 e. The van der Waals surface area contributed by atoms with Crippen molar-refractivity contribution in [1.29, 1.82) is 0 Å². The van der Waals surface area contributed by atoms with E-state index in [0.29, 0.717) is 12.2 Å². The summed E-state index contributed by atoms with van der Waals surface area (Å²) < 4.78 is 39.0. The van der Waals surface area contributed by atoms with Gasteiger partial charge in [-0.25, -0.2) is 15.0 Å². The van der Waals surface area contributed by atoms with Crippen molar-refractivity contribution in [2.45, 2.75) is 32.4 Å². The zero-order chi connectivity index (χ0) is 24.6. The van der Waals surface area contributed by atoms with E-state index in [4.69, 9.17) is 0 Å². The number of hydrogen-bond donors (Lipinski definition) is 2. The lowest BCUT2D eigenvalue weighted by Crippen LogP contribution is -2.47. The third kappa shape index (κ3) is 4.78. The van der Waals surface area contributed by atoms with Crippen LogP contribution in [-0.4, -0.2) is 40.5 Å². The number of rotatable bonds is 4. The van der Waals surface area contributed by atoms with Crippen LogP contribution < -0.4 is 15.5 Å². The summed E-state index contributed by atoms with van der Waals surface area (Å²) in [4.78, 5) is 26.7. The van der Waals surface area contributed by atoms with Crippen molar-refractivity contribution in [3.8, 4) is 11.1 Å². The van der Waals surface area contributed by atoms with Crippen LogP contribution in [0.1, 0.15) is 30.5 Å². The van der Waals surface area contributed by atoms with E-state index in [-0.39, 0.29) is 17.3 Å². The lowest BCUT2D eigenvalue weighted by atomic mass is 9.78. The molecule has 7 nitrogen and oxygen atoms in total. The molecule has 35 heavy (non-hydrogen) atoms. The van der Waals surface area contributed by atoms with Gasteiger partial charge in [-0.1, -0.05) is 6.07 Å². The van der Waals surface area contributed by atoms with Crippen molar-refractivity contribution < 1.29 is 18.0 Å². The maximum absolute atomic E-state index is 13.0. The van der Waals surface area contributed by atoms with E-state index in [1.54, 1.807) is 6.20 Å². The fraction of sp³-hybridized carbons (Fsp3) is 0.360. The van der Waals surface area contributed by atoms with Crippen LogP contribution in [0.15, 0.2) is 48.8 Å². The summed E-state index contributed by atoms with van der Waals surface area (Å²) in [6, 6.07) is 10.4. The molecule has 2 aromatic heterocycles. The number of halogens is 3. The molecule has 0 saturated carbocycles. The molecule has 2 aliphatic rings. The number of benzene rings is 1. The van der Waals surface area contributed by atoms with Crippen LogP contribution in [0, 0.1) is 12.3 Å². The van der Waals surface area contributed by atoms with Crippen LogP contribution in [0.4, 0.5) is 30.6 Å². The lowest BCUT2D eigenvalue weighted by molar-refractivity contribution is -0.141. The molecule has 1 atom stereocenters. The predicted molar refractivity (Wildman–Crippen MR) is 126 cm³/mol. The van der Waals surface area contributed by atoms with Crippen molar-refractivity contribution in [2.75, 3.05) is 29.9 Å². The van der Waals surface area contributed by atoms with Crippen molar-refractivity contribution in [2.24, 2.45) is 5.41 Å². The SMILES string of the molecule is Cc1cc(Nc2nccc(C(F)(F)F)n2)cc(-c2ccnc(N3CCCC4(CCNC4=O)C3)c2)c1. The monoisotopic (exact) mass is 482 g/mol. The first-order valence-corrected chi connectivity index (χ1v) is 11.5. The fourth-order valence-electron chi connectivity index (χ4n) is 4.93. The molecule has 0 bridgehead atoms. The first-order valence-electron chi connectivity index (χ1n) is 11.5. The second kappa shape index (κ2) is 8.83. The molecular formula is C25H25F3N6O. The van der Waals surface area contributed by atoms with Gasteiger partial charge >= 0.3 is 6.18 Å². The van der Waals surface area contributed by atoms with E-state index in [1.807, 2.05) is 37.3 Å². The summed E-state index contributed by atoms with van der Waals surface area (Å²) in [6.07, 6.45) is 0.934. The minimum Gasteiger partial charge on any atom is -0.356 e. The summed E-state index contributed by atoms with van der Waals surface area (Å²) >= 11 is 0. The Morgan fingerprint density at radius 1 is 1.06 bits per heavy atom. The van der Waals surface area contributed by atoms with Gasteiger partial charge in [-0.15, -0.1) is 0 Å². The summed E-state index contributed by atoms with van der Waals surface area (Å²) in [5.41, 5.74) is 1.96. The van der Waals surface area contributed by atoms with Crippen molar-refractivity contribution in [3.05, 3.63) is 60.0 Å². The van der Waals surface area contributed by atoms with Gasteiger partial charge in [0, 0.05) is 37.7 Å². The molecule has 182 valence electrons. The van der Waals surface area contributed by atoms with E-state index in [1.165, 1.54) is 0 Å². The molecule has 1 spiro atoms. The Morgan fingerprint density at radius 2 is 1.89 bits per heavy atom. The van der Waals surface area contributed by atoms with Crippen LogP contribution in [0.5, 0.6) is 0 Å². The quantitative estimate of drug-likeness (QED) is 0.560. The number of aryl methyl sites for hydroxylation is 1. The highest BCUT2D eigenvalue weighted by molar-refractivity contribution is 5.85. The number of nitrogens with zero attached hydrogens (tertiary/aromatic N) is 4. The Hall–Kier alpha value is -3.69. The number of amides is 1. The number of carbonyl (C=O) groups is 1. The van der Waals surface area contributed by atoms with Gasteiger partial charge in [-0.2, -0.15) is 13.2 Å². The van der Waals surface area contributed by atoms with Crippen LogP contribution in [0.3, 0.4) is 0 Å². The van der Waals surface area contributed by atoms with Crippen LogP contribution in [-0.2, 0) is 11.0 Å². The molecule has 5 rings (SSSR count). The summed E-state index contributed by atoms with van der Waals surface area (Å²) in [5, 5.41) is 5.86. The Balaban J connectivity index is 1.40. The van der Waals surface area contributed by atoms with E-state index in [0.717, 1.165) is 67.1 Å². The van der Waals surface area contributed by atoms with Gasteiger partial charge in [0.1, 0.15) is 11.5 Å². The van der Waals surface area contributed by atoms with Crippen LogP contribution >= 0.6 is 0 Å². The van der Waals surface area contributed by atoms with E-state index in [2.05, 4.69) is 30.5 Å². The van der Waals surface area contributed by atoms with Crippen LogP contribution in [0.25, 0.3) is 11.1 Å². The molecule has 3 aromatic rings. The molecule has 2 aliphatic heterocycles. The van der Waals surface area contributed by atoms with Gasteiger partial charge < -0.3 is 15.5 Å². The standard InChI is InChI=1S/C25H25F3N6O/c1-16-11-18(13-19(12-16)32-23-31-8-4-20(33-23)25(26,27)28)17-3-7-29-21(14-17)34-10-2-5-24(15-34)6-9-30-22(24)35/h3-4,7-8,11-14H,2,5-6,9-10,15H2,1H3,(H,30,35)(H,31,32,33). The van der Waals surface area contributed by atoms with E-state index < -0.39 is 11.9 Å². The van der Waals surface area contributed by atoms with Crippen molar-refractivity contribution in [3.63, 3.8) is 0 Å². The third-order valence-corrected chi connectivity index (χ3v) is 6.63. The molecule has 0 radical (unpaired) electrons. The lowest BCUT2D eigenvalue weighted by Gasteiger charge is -2.39. The average molecular weight is 483 g/mol. The third-order valence-electron chi connectivity index (χ3n) is 6.63. The van der Waals surface area contributed by atoms with Gasteiger partial charge in [-0.05, 0) is 73.2 Å². The van der Waals surface area contributed by atoms with Gasteiger partial charge in [0.2, 0.25) is 11.9 Å². The van der Waals surface area contributed by atoms with Gasteiger partial charge in [-0.3, -0.25) is 4.79 Å². The highest BCUT2D eigenvalue weighted by Gasteiger charge is 2.45. The number of alkyl halides is 3. The number of hydrogen-bond acceptors (Lipinski definition) is 6. The second-order valence-electron chi connectivity index (χ2n) is 9.19. The minimum atomic E-state index is -4.54. The molecule has 1 amide bonds. The summed E-state index contributed by atoms with van der Waals surface area (Å²) in [5.74, 6) is 0.809. The van der Waals surface area contributed by atoms with Crippen LogP contribution in [0.2, 0.25) is 0 Å². The number of carbonyl (C=O) groups excluding carboxylic acids is 1. The molecule has 2 N–H and O–H groups in total. The zero-order valence-electron chi connectivity index (χ0n) is 19.2. The van der Waals surface area contributed by atoms with Gasteiger partial charge in [0.25, 0.3) is 0 Å². The highest BCUT2D eigenvalue weighted by Crippen LogP contribution is 2.38. The molecule has 2 saturated heterocycles. The number of nitrogens with one attached hydrogen (secondary N) is 2. The maximum Gasteiger partial charge on any atom is 0.433 e. The largest absolute Gasteiger partial charge is 0.433 e. The first-order chi connectivity index (χ1) is 16.7. The van der Waals surface area contributed by atoms with E-state index >= 15 is 0 Å². The van der Waals surface area contributed by atoms with E-state index in [9.17, 15) is 18.0 Å². The molecular weight excluding hydrogens is 457 g/mol. The normalized spacial score (nSPS) is 20.2. The Labute approximate surface area is 200 Å². The maximum atomic E-state index is 13.0. The van der Waals surface area contributed by atoms with Gasteiger partial charge in [0.15, 0.2) is 0 Å². The molecule has 0 aliphatic carbocycles. The fourth-order valence-corrected chi connectivity index (χ4v) is 4.93.